The zero-order valence-corrected chi connectivity index (χ0v) is 29.2. The number of aliphatic carboxylic acids is 1. The molecule has 2 fully saturated rings. The van der Waals surface area contributed by atoms with Crippen LogP contribution in [0.25, 0.3) is 0 Å². The number of hydrogen-bond donors (Lipinski definition) is 8. The summed E-state index contributed by atoms with van der Waals surface area (Å²) < 4.78 is 0. The Morgan fingerprint density at radius 2 is 1.43 bits per heavy atom. The van der Waals surface area contributed by atoms with Crippen LogP contribution in [0.2, 0.25) is 0 Å². The van der Waals surface area contributed by atoms with Crippen molar-refractivity contribution in [3.63, 3.8) is 0 Å². The van der Waals surface area contributed by atoms with Gasteiger partial charge in [-0.05, 0) is 50.9 Å². The topological polar surface area (TPSA) is 249 Å². The molecule has 2 aliphatic rings. The highest BCUT2D eigenvalue weighted by Gasteiger charge is 2.38. The molecular formula is C33H52N6O10. The van der Waals surface area contributed by atoms with E-state index in [0.717, 1.165) is 0 Å². The lowest BCUT2D eigenvalue weighted by Gasteiger charge is -2.31. The molecule has 274 valence electrons. The van der Waals surface area contributed by atoms with Crippen molar-refractivity contribution >= 4 is 47.1 Å². The van der Waals surface area contributed by atoms with Crippen molar-refractivity contribution in [1.29, 1.82) is 0 Å². The van der Waals surface area contributed by atoms with Crippen LogP contribution in [0.3, 0.4) is 0 Å². The molecule has 1 heterocycles. The van der Waals surface area contributed by atoms with Crippen LogP contribution < -0.4 is 31.9 Å². The predicted molar refractivity (Wildman–Crippen MR) is 176 cm³/mol. The first-order valence-electron chi connectivity index (χ1n) is 16.7. The number of aliphatic hydroxyl groups is 1. The SMILES string of the molecule is CC(N[C@H]1CCCCNC(=O)CCNC(=O)CC[C@@H](C(=O)NC(C(=O)O)C(C)C)NC(=O)C(C(C)O)NC1=O)=C1C(=O)CC(C)(C)CC1=O. The molecule has 8 N–H and O–H groups in total. The van der Waals surface area contributed by atoms with E-state index in [4.69, 9.17) is 0 Å². The Labute approximate surface area is 286 Å². The van der Waals surface area contributed by atoms with Gasteiger partial charge in [-0.2, -0.15) is 0 Å². The summed E-state index contributed by atoms with van der Waals surface area (Å²) in [4.78, 5) is 103. The molecule has 0 aromatic carbocycles. The number of carboxylic acid groups (broad SMARTS) is 1. The van der Waals surface area contributed by atoms with Crippen LogP contribution in [-0.2, 0) is 38.4 Å². The Balaban J connectivity index is 2.41. The third-order valence-electron chi connectivity index (χ3n) is 8.42. The Hall–Kier alpha value is -4.34. The highest BCUT2D eigenvalue weighted by atomic mass is 16.4. The van der Waals surface area contributed by atoms with Crippen LogP contribution in [0.5, 0.6) is 0 Å². The molecule has 16 heteroatoms. The summed E-state index contributed by atoms with van der Waals surface area (Å²) in [5.41, 5.74) is -0.335. The predicted octanol–water partition coefficient (Wildman–Crippen LogP) is -0.661. The number of carbonyl (C=O) groups is 8. The van der Waals surface area contributed by atoms with Crippen molar-refractivity contribution in [3.05, 3.63) is 11.3 Å². The van der Waals surface area contributed by atoms with Gasteiger partial charge in [-0.25, -0.2) is 4.79 Å². The Bertz CT molecular complexity index is 1300. The van der Waals surface area contributed by atoms with Gasteiger partial charge in [0.25, 0.3) is 0 Å². The lowest BCUT2D eigenvalue weighted by atomic mass is 9.73. The molecule has 1 aliphatic carbocycles. The number of amides is 5. The molecule has 5 atom stereocenters. The molecule has 16 nitrogen and oxygen atoms in total. The number of carboxylic acids is 1. The molecule has 1 saturated carbocycles. The van der Waals surface area contributed by atoms with Gasteiger partial charge in [0.15, 0.2) is 11.6 Å². The van der Waals surface area contributed by atoms with E-state index >= 15 is 0 Å². The van der Waals surface area contributed by atoms with Gasteiger partial charge in [0.2, 0.25) is 29.5 Å². The number of hydrogen-bond acceptors (Lipinski definition) is 10. The molecule has 3 unspecified atom stereocenters. The quantitative estimate of drug-likeness (QED) is 0.123. The van der Waals surface area contributed by atoms with Crippen LogP contribution in [0, 0.1) is 11.3 Å². The van der Waals surface area contributed by atoms with Crippen LogP contribution in [-0.4, -0.2) is 101 Å². The fourth-order valence-corrected chi connectivity index (χ4v) is 5.71. The van der Waals surface area contributed by atoms with Gasteiger partial charge in [0.1, 0.15) is 24.2 Å². The molecule has 1 saturated heterocycles. The summed E-state index contributed by atoms with van der Waals surface area (Å²) in [5.74, 6) is -5.98. The minimum atomic E-state index is -1.59. The number of aliphatic hydroxyl groups excluding tert-OH is 1. The number of Topliss-reactive ketones (excluding diaryl/α,β-unsaturated/α-hetero) is 2. The summed E-state index contributed by atoms with van der Waals surface area (Å²) in [7, 11) is 0. The van der Waals surface area contributed by atoms with E-state index in [1.54, 1.807) is 13.8 Å². The van der Waals surface area contributed by atoms with Crippen molar-refractivity contribution in [2.75, 3.05) is 13.1 Å². The van der Waals surface area contributed by atoms with Crippen molar-refractivity contribution < 1.29 is 48.6 Å². The maximum atomic E-state index is 13.7. The Morgan fingerprint density at radius 1 is 0.837 bits per heavy atom. The maximum absolute atomic E-state index is 13.7. The molecule has 0 bridgehead atoms. The molecule has 1 aliphatic heterocycles. The third-order valence-corrected chi connectivity index (χ3v) is 8.42. The van der Waals surface area contributed by atoms with Gasteiger partial charge in [0.05, 0.1) is 11.7 Å². The number of nitrogens with one attached hydrogen (secondary N) is 6. The second-order valence-corrected chi connectivity index (χ2v) is 13.9. The molecule has 0 aromatic rings. The van der Waals surface area contributed by atoms with Crippen molar-refractivity contribution in [2.45, 2.75) is 123 Å². The number of allylic oxidation sites excluding steroid dienone is 2. The van der Waals surface area contributed by atoms with E-state index in [1.165, 1.54) is 13.8 Å². The fraction of sp³-hybridized carbons (Fsp3) is 0.697. The smallest absolute Gasteiger partial charge is 0.326 e. The standard InChI is InChI=1S/C33H52N6O10/c1-17(2)27(32(48)49)38-30(46)21-10-11-24(43)35-14-12-25(44)34-13-8-7-9-20(29(45)39-28(19(4)40)31(47)37-21)36-18(3)26-22(41)15-33(5,6)16-23(26)42/h17,19-21,27-28,36,40H,7-16H2,1-6H3,(H,34,44)(H,35,43)(H,37,47)(H,38,46)(H,39,45)(H,48,49)/t19?,20-,21-,27?,28?/m0/s1. The second-order valence-electron chi connectivity index (χ2n) is 13.9. The van der Waals surface area contributed by atoms with Crippen molar-refractivity contribution in [2.24, 2.45) is 11.3 Å². The summed E-state index contributed by atoms with van der Waals surface area (Å²) in [6.45, 7) is 9.85. The molecule has 0 aromatic heterocycles. The minimum Gasteiger partial charge on any atom is -0.480 e. The van der Waals surface area contributed by atoms with E-state index < -0.39 is 71.2 Å². The van der Waals surface area contributed by atoms with E-state index in [1.807, 2.05) is 13.8 Å². The number of carbonyl (C=O) groups excluding carboxylic acids is 7. The van der Waals surface area contributed by atoms with Crippen LogP contribution in [0.15, 0.2) is 11.3 Å². The molecule has 5 amide bonds. The minimum absolute atomic E-state index is 0.0133. The number of rotatable bonds is 7. The van der Waals surface area contributed by atoms with Gasteiger partial charge in [-0.1, -0.05) is 27.7 Å². The van der Waals surface area contributed by atoms with E-state index in [-0.39, 0.29) is 80.4 Å². The lowest BCUT2D eigenvalue weighted by Crippen LogP contribution is -2.60. The first-order chi connectivity index (χ1) is 22.8. The first-order valence-corrected chi connectivity index (χ1v) is 16.7. The normalized spacial score (nSPS) is 24.9. The van der Waals surface area contributed by atoms with E-state index in [9.17, 15) is 48.6 Å². The van der Waals surface area contributed by atoms with E-state index in [2.05, 4.69) is 31.9 Å². The fourth-order valence-electron chi connectivity index (χ4n) is 5.71. The van der Waals surface area contributed by atoms with Gasteiger partial charge in [0, 0.05) is 44.5 Å². The average molecular weight is 693 g/mol. The summed E-state index contributed by atoms with van der Waals surface area (Å²) >= 11 is 0. The van der Waals surface area contributed by atoms with Gasteiger partial charge < -0.3 is 42.1 Å². The molecular weight excluding hydrogens is 640 g/mol. The largest absolute Gasteiger partial charge is 0.480 e. The highest BCUT2D eigenvalue weighted by molar-refractivity contribution is 6.22. The monoisotopic (exact) mass is 692 g/mol. The molecule has 2 rings (SSSR count). The van der Waals surface area contributed by atoms with Crippen molar-refractivity contribution in [3.8, 4) is 0 Å². The zero-order valence-electron chi connectivity index (χ0n) is 29.2. The Kier molecular flexibility index (Phi) is 15.4. The van der Waals surface area contributed by atoms with Crippen LogP contribution in [0.4, 0.5) is 0 Å². The lowest BCUT2D eigenvalue weighted by molar-refractivity contribution is -0.144. The third kappa shape index (κ3) is 12.9. The molecule has 0 spiro atoms. The number of ketones is 2. The first kappa shape index (κ1) is 40.8. The zero-order chi connectivity index (χ0) is 37.1. The maximum Gasteiger partial charge on any atom is 0.326 e. The Morgan fingerprint density at radius 3 is 2.00 bits per heavy atom. The second kappa shape index (κ2) is 18.4. The van der Waals surface area contributed by atoms with Gasteiger partial charge in [-0.3, -0.25) is 33.6 Å². The van der Waals surface area contributed by atoms with Crippen LogP contribution >= 0.6 is 0 Å². The molecule has 49 heavy (non-hydrogen) atoms. The highest BCUT2D eigenvalue weighted by Crippen LogP contribution is 2.34. The van der Waals surface area contributed by atoms with Crippen LogP contribution in [0.1, 0.15) is 92.9 Å². The summed E-state index contributed by atoms with van der Waals surface area (Å²) in [6, 6.07) is -5.40. The summed E-state index contributed by atoms with van der Waals surface area (Å²) in [6.07, 6.45) is -0.731. The summed E-state index contributed by atoms with van der Waals surface area (Å²) in [5, 5.41) is 35.7. The molecule has 0 radical (unpaired) electrons. The van der Waals surface area contributed by atoms with Gasteiger partial charge in [-0.15, -0.1) is 0 Å². The van der Waals surface area contributed by atoms with Crippen molar-refractivity contribution in [1.82, 2.24) is 31.9 Å². The van der Waals surface area contributed by atoms with E-state index in [0.29, 0.717) is 12.8 Å². The van der Waals surface area contributed by atoms with Gasteiger partial charge >= 0.3 is 5.97 Å². The average Bonchev–Trinajstić information content (AvgIpc) is 2.97.